The first kappa shape index (κ1) is 20.8. The fraction of sp³-hybridized carbons (Fsp3) is 0.630. The van der Waals surface area contributed by atoms with Crippen LogP contribution in [0.2, 0.25) is 0 Å². The van der Waals surface area contributed by atoms with E-state index in [1.165, 1.54) is 0 Å². The van der Waals surface area contributed by atoms with Gasteiger partial charge in [-0.3, -0.25) is 9.59 Å². The summed E-state index contributed by atoms with van der Waals surface area (Å²) in [5, 5.41) is 10.7. The number of hydrogen-bond acceptors (Lipinski definition) is 3. The number of ketones is 1. The molecule has 0 radical (unpaired) electrons. The van der Waals surface area contributed by atoms with Gasteiger partial charge in [-0.1, -0.05) is 38.1 Å². The van der Waals surface area contributed by atoms with E-state index in [2.05, 4.69) is 19.9 Å². The Morgan fingerprint density at radius 3 is 2.55 bits per heavy atom. The molecule has 0 saturated heterocycles. The maximum Gasteiger partial charge on any atom is 0.314 e. The Bertz CT molecular complexity index is 950. The van der Waals surface area contributed by atoms with E-state index in [1.807, 2.05) is 30.3 Å². The van der Waals surface area contributed by atoms with Crippen molar-refractivity contribution in [2.24, 2.45) is 34.5 Å². The van der Waals surface area contributed by atoms with Gasteiger partial charge in [-0.05, 0) is 85.2 Å². The van der Waals surface area contributed by atoms with Gasteiger partial charge in [0.1, 0.15) is 11.2 Å². The summed E-state index contributed by atoms with van der Waals surface area (Å²) in [7, 11) is 1.64. The molecule has 4 aliphatic rings. The number of hydrogen-bond donors (Lipinski definition) is 1. The monoisotopic (exact) mass is 422 g/mol. The number of allylic oxidation sites excluding steroid dienone is 2. The smallest absolute Gasteiger partial charge is 0.314 e. The standard InChI is InChI=1S/C27H34O4/c1-25-13-10-18(28)16-17(25)8-9-19-20(25)11-14-26(2)21(19)12-15-27(26,24(29)30)22-6-4-5-7-23(22)31-3/h4-7,10,13,17,19-21H,8-9,11-12,14-16H2,1-3H3,(H,29,30)/t17?,19-,20-,21+,25+,26+,27?/m1/s1. The fourth-order valence-electron chi connectivity index (χ4n) is 8.58. The highest BCUT2D eigenvalue weighted by atomic mass is 16.5. The van der Waals surface area contributed by atoms with E-state index in [4.69, 9.17) is 4.74 Å². The lowest BCUT2D eigenvalue weighted by molar-refractivity contribution is -0.155. The summed E-state index contributed by atoms with van der Waals surface area (Å²) in [6.07, 6.45) is 10.5. The van der Waals surface area contributed by atoms with E-state index in [1.54, 1.807) is 7.11 Å². The van der Waals surface area contributed by atoms with Crippen LogP contribution in [0.25, 0.3) is 0 Å². The summed E-state index contributed by atoms with van der Waals surface area (Å²) in [5.41, 5.74) is -0.300. The number of ether oxygens (including phenoxy) is 1. The third-order valence-corrected chi connectivity index (χ3v) is 10.2. The Balaban J connectivity index is 1.58. The molecule has 7 atom stereocenters. The summed E-state index contributed by atoms with van der Waals surface area (Å²) >= 11 is 0. The highest BCUT2D eigenvalue weighted by molar-refractivity contribution is 5.91. The minimum Gasteiger partial charge on any atom is -0.496 e. The zero-order valence-electron chi connectivity index (χ0n) is 18.9. The normalized spacial score (nSPS) is 43.6. The van der Waals surface area contributed by atoms with Crippen molar-refractivity contribution in [1.82, 2.24) is 0 Å². The molecule has 4 heteroatoms. The average molecular weight is 423 g/mol. The Labute approximate surface area is 185 Å². The SMILES string of the molecule is COc1ccccc1C1(C(=O)O)CC[C@H]2[C@@H]3CCC4CC(=O)C=C[C@]4(C)[C@@H]3CC[C@@]21C. The summed E-state index contributed by atoms with van der Waals surface area (Å²) in [5.74, 6) is 2.14. The molecular formula is C27H34O4. The Kier molecular flexibility index (Phi) is 4.66. The van der Waals surface area contributed by atoms with Crippen LogP contribution in [0.15, 0.2) is 36.4 Å². The van der Waals surface area contributed by atoms with Gasteiger partial charge in [0.05, 0.1) is 7.11 Å². The molecule has 3 saturated carbocycles. The van der Waals surface area contributed by atoms with Crippen molar-refractivity contribution >= 4 is 11.8 Å². The van der Waals surface area contributed by atoms with E-state index in [0.29, 0.717) is 42.3 Å². The molecule has 0 spiro atoms. The lowest BCUT2D eigenvalue weighted by atomic mass is 9.44. The lowest BCUT2D eigenvalue weighted by Crippen LogP contribution is -2.57. The number of carbonyl (C=O) groups excluding carboxylic acids is 1. The number of benzene rings is 1. The molecule has 4 aliphatic carbocycles. The van der Waals surface area contributed by atoms with Crippen molar-refractivity contribution in [1.29, 1.82) is 0 Å². The lowest BCUT2D eigenvalue weighted by Gasteiger charge is -2.60. The van der Waals surface area contributed by atoms with Gasteiger partial charge in [0.15, 0.2) is 5.78 Å². The van der Waals surface area contributed by atoms with Crippen LogP contribution in [-0.4, -0.2) is 24.0 Å². The summed E-state index contributed by atoms with van der Waals surface area (Å²) in [4.78, 5) is 25.1. The summed E-state index contributed by atoms with van der Waals surface area (Å²) < 4.78 is 5.66. The molecule has 1 aromatic rings. The number of rotatable bonds is 3. The Morgan fingerprint density at radius 1 is 1.06 bits per heavy atom. The second-order valence-corrected chi connectivity index (χ2v) is 10.9. The van der Waals surface area contributed by atoms with Crippen LogP contribution in [0, 0.1) is 34.5 Å². The van der Waals surface area contributed by atoms with Gasteiger partial charge in [-0.2, -0.15) is 0 Å². The quantitative estimate of drug-likeness (QED) is 0.708. The van der Waals surface area contributed by atoms with Crippen LogP contribution in [0.3, 0.4) is 0 Å². The van der Waals surface area contributed by atoms with E-state index < -0.39 is 11.4 Å². The molecule has 1 aromatic carbocycles. The molecule has 0 bridgehead atoms. The molecule has 4 nitrogen and oxygen atoms in total. The van der Waals surface area contributed by atoms with Gasteiger partial charge in [0.25, 0.3) is 0 Å². The molecule has 0 aromatic heterocycles. The first-order valence-corrected chi connectivity index (χ1v) is 11.9. The predicted molar refractivity (Wildman–Crippen MR) is 119 cm³/mol. The van der Waals surface area contributed by atoms with Crippen molar-refractivity contribution in [3.63, 3.8) is 0 Å². The molecule has 166 valence electrons. The minimum atomic E-state index is -0.911. The van der Waals surface area contributed by atoms with Gasteiger partial charge in [-0.25, -0.2) is 0 Å². The maximum atomic E-state index is 13.0. The number of para-hydroxylation sites is 1. The molecule has 0 aliphatic heterocycles. The second-order valence-electron chi connectivity index (χ2n) is 10.9. The first-order valence-electron chi connectivity index (χ1n) is 11.9. The van der Waals surface area contributed by atoms with Gasteiger partial charge in [-0.15, -0.1) is 0 Å². The summed E-state index contributed by atoms with van der Waals surface area (Å²) in [6, 6.07) is 7.74. The third kappa shape index (κ3) is 2.60. The molecule has 0 heterocycles. The van der Waals surface area contributed by atoms with Gasteiger partial charge in [0.2, 0.25) is 0 Å². The van der Waals surface area contributed by atoms with Crippen molar-refractivity contribution < 1.29 is 19.4 Å². The van der Waals surface area contributed by atoms with E-state index in [9.17, 15) is 14.7 Å². The molecular weight excluding hydrogens is 388 g/mol. The highest BCUT2D eigenvalue weighted by Crippen LogP contribution is 2.70. The van der Waals surface area contributed by atoms with Crippen molar-refractivity contribution in [3.8, 4) is 5.75 Å². The van der Waals surface area contributed by atoms with Gasteiger partial charge < -0.3 is 9.84 Å². The number of aliphatic carboxylic acids is 1. The molecule has 2 unspecified atom stereocenters. The van der Waals surface area contributed by atoms with Gasteiger partial charge >= 0.3 is 5.97 Å². The minimum absolute atomic E-state index is 0.0665. The van der Waals surface area contributed by atoms with Crippen LogP contribution >= 0.6 is 0 Å². The second kappa shape index (κ2) is 6.95. The third-order valence-electron chi connectivity index (χ3n) is 10.2. The fourth-order valence-corrected chi connectivity index (χ4v) is 8.58. The maximum absolute atomic E-state index is 13.0. The number of fused-ring (bicyclic) bond motifs is 5. The van der Waals surface area contributed by atoms with Crippen LogP contribution < -0.4 is 4.74 Å². The van der Waals surface area contributed by atoms with Crippen LogP contribution in [-0.2, 0) is 15.0 Å². The average Bonchev–Trinajstić information content (AvgIpc) is 3.08. The zero-order chi connectivity index (χ0) is 22.0. The highest BCUT2D eigenvalue weighted by Gasteiger charge is 2.68. The van der Waals surface area contributed by atoms with E-state index in [-0.39, 0.29) is 16.6 Å². The number of methoxy groups -OCH3 is 1. The summed E-state index contributed by atoms with van der Waals surface area (Å²) in [6.45, 7) is 4.61. The van der Waals surface area contributed by atoms with Gasteiger partial charge in [0, 0.05) is 12.0 Å². The van der Waals surface area contributed by atoms with Crippen molar-refractivity contribution in [2.45, 2.75) is 64.2 Å². The van der Waals surface area contributed by atoms with Crippen LogP contribution in [0.5, 0.6) is 5.75 Å². The zero-order valence-corrected chi connectivity index (χ0v) is 18.9. The molecule has 0 amide bonds. The van der Waals surface area contributed by atoms with Crippen LogP contribution in [0.4, 0.5) is 0 Å². The van der Waals surface area contributed by atoms with E-state index >= 15 is 0 Å². The first-order chi connectivity index (χ1) is 14.8. The van der Waals surface area contributed by atoms with Crippen LogP contribution in [0.1, 0.15) is 64.4 Å². The molecule has 1 N–H and O–H groups in total. The van der Waals surface area contributed by atoms with Crippen molar-refractivity contribution in [2.75, 3.05) is 7.11 Å². The number of carboxylic acid groups (broad SMARTS) is 1. The predicted octanol–water partition coefficient (Wildman–Crippen LogP) is 5.41. The van der Waals surface area contributed by atoms with Crippen molar-refractivity contribution in [3.05, 3.63) is 42.0 Å². The molecule has 31 heavy (non-hydrogen) atoms. The Hall–Kier alpha value is -2.10. The Morgan fingerprint density at radius 2 is 1.81 bits per heavy atom. The number of carbonyl (C=O) groups is 2. The number of carboxylic acids is 1. The topological polar surface area (TPSA) is 63.6 Å². The molecule has 5 rings (SSSR count). The molecule has 3 fully saturated rings. The van der Waals surface area contributed by atoms with E-state index in [0.717, 1.165) is 37.7 Å². The largest absolute Gasteiger partial charge is 0.496 e.